The van der Waals surface area contributed by atoms with Crippen molar-refractivity contribution in [3.63, 3.8) is 0 Å². The van der Waals surface area contributed by atoms with Crippen LogP contribution in [0.5, 0.6) is 0 Å². The Kier molecular flexibility index (Phi) is 5.28. The van der Waals surface area contributed by atoms with E-state index in [0.29, 0.717) is 29.3 Å². The molecule has 0 saturated carbocycles. The molecule has 2 aromatic heterocycles. The average molecular weight is 355 g/mol. The van der Waals surface area contributed by atoms with Crippen molar-refractivity contribution in [2.24, 2.45) is 0 Å². The lowest BCUT2D eigenvalue weighted by molar-refractivity contribution is 0.0529. The number of anilines is 2. The summed E-state index contributed by atoms with van der Waals surface area (Å²) in [5, 5.41) is 5.90. The third kappa shape index (κ3) is 3.49. The summed E-state index contributed by atoms with van der Waals surface area (Å²) in [5.41, 5.74) is 2.73. The Balaban J connectivity index is 2.06. The molecule has 5 nitrogen and oxygen atoms in total. The molecule has 2 heterocycles. The average Bonchev–Trinajstić information content (AvgIpc) is 3.07. The smallest absolute Gasteiger partial charge is 0.339 e. The summed E-state index contributed by atoms with van der Waals surface area (Å²) >= 11 is 1.42. The van der Waals surface area contributed by atoms with Gasteiger partial charge in [-0.05, 0) is 30.9 Å². The standard InChI is InChI=1S/C19H21N3O2S/c1-4-12(3)13-8-6-7-9-15(13)22-17-16-14(19(23)24-5-2)10-25-18(16)21-11-20-17/h6-12H,4-5H2,1-3H3,(H,20,21,22). The first-order chi connectivity index (χ1) is 12.2. The van der Waals surface area contributed by atoms with Crippen LogP contribution in [-0.2, 0) is 4.74 Å². The van der Waals surface area contributed by atoms with Crippen LogP contribution in [0.25, 0.3) is 10.2 Å². The molecule has 130 valence electrons. The highest BCUT2D eigenvalue weighted by Gasteiger charge is 2.19. The lowest BCUT2D eigenvalue weighted by Gasteiger charge is -2.16. The third-order valence-corrected chi connectivity index (χ3v) is 5.11. The Morgan fingerprint density at radius 2 is 2.08 bits per heavy atom. The lowest BCUT2D eigenvalue weighted by Crippen LogP contribution is -2.06. The number of ether oxygens (including phenoxy) is 1. The van der Waals surface area contributed by atoms with E-state index in [1.807, 2.05) is 18.2 Å². The summed E-state index contributed by atoms with van der Waals surface area (Å²) in [6.07, 6.45) is 2.56. The van der Waals surface area contributed by atoms with Crippen molar-refractivity contribution in [2.75, 3.05) is 11.9 Å². The summed E-state index contributed by atoms with van der Waals surface area (Å²) in [6.45, 7) is 6.50. The maximum Gasteiger partial charge on any atom is 0.339 e. The van der Waals surface area contributed by atoms with Gasteiger partial charge in [0.25, 0.3) is 0 Å². The van der Waals surface area contributed by atoms with E-state index in [1.54, 1.807) is 12.3 Å². The van der Waals surface area contributed by atoms with Gasteiger partial charge in [-0.25, -0.2) is 14.8 Å². The molecule has 0 aliphatic rings. The largest absolute Gasteiger partial charge is 0.462 e. The van der Waals surface area contributed by atoms with E-state index in [-0.39, 0.29) is 5.97 Å². The minimum atomic E-state index is -0.346. The Morgan fingerprint density at radius 1 is 1.28 bits per heavy atom. The highest BCUT2D eigenvalue weighted by Crippen LogP contribution is 2.34. The van der Waals surface area contributed by atoms with Crippen molar-refractivity contribution in [2.45, 2.75) is 33.1 Å². The molecular formula is C19H21N3O2S. The van der Waals surface area contributed by atoms with Gasteiger partial charge in [-0.3, -0.25) is 0 Å². The van der Waals surface area contributed by atoms with Crippen LogP contribution in [-0.4, -0.2) is 22.5 Å². The van der Waals surface area contributed by atoms with Gasteiger partial charge < -0.3 is 10.1 Å². The van der Waals surface area contributed by atoms with Gasteiger partial charge in [0.1, 0.15) is 17.0 Å². The molecule has 0 bridgehead atoms. The molecule has 1 aromatic carbocycles. The van der Waals surface area contributed by atoms with Crippen LogP contribution < -0.4 is 5.32 Å². The summed E-state index contributed by atoms with van der Waals surface area (Å²) in [6, 6.07) is 8.18. The number of hydrogen-bond donors (Lipinski definition) is 1. The van der Waals surface area contributed by atoms with Crippen molar-refractivity contribution in [1.29, 1.82) is 0 Å². The monoisotopic (exact) mass is 355 g/mol. The van der Waals surface area contributed by atoms with Crippen LogP contribution >= 0.6 is 11.3 Å². The zero-order valence-corrected chi connectivity index (χ0v) is 15.4. The molecule has 0 aliphatic carbocycles. The summed E-state index contributed by atoms with van der Waals surface area (Å²) < 4.78 is 5.16. The summed E-state index contributed by atoms with van der Waals surface area (Å²) in [5.74, 6) is 0.708. The molecule has 0 amide bonds. The number of para-hydroxylation sites is 1. The van der Waals surface area contributed by atoms with Gasteiger partial charge in [-0.15, -0.1) is 11.3 Å². The minimum Gasteiger partial charge on any atom is -0.462 e. The Morgan fingerprint density at radius 3 is 2.84 bits per heavy atom. The number of carbonyl (C=O) groups excluding carboxylic acids is 1. The van der Waals surface area contributed by atoms with Crippen LogP contribution in [0.15, 0.2) is 36.0 Å². The molecule has 1 atom stereocenters. The fourth-order valence-electron chi connectivity index (χ4n) is 2.72. The molecule has 0 spiro atoms. The molecule has 1 unspecified atom stereocenters. The van der Waals surface area contributed by atoms with Crippen LogP contribution in [0, 0.1) is 0 Å². The van der Waals surface area contributed by atoms with Gasteiger partial charge in [0.05, 0.1) is 17.6 Å². The Hall–Kier alpha value is -2.47. The number of carbonyl (C=O) groups is 1. The van der Waals surface area contributed by atoms with Crippen molar-refractivity contribution >= 4 is 39.0 Å². The van der Waals surface area contributed by atoms with Crippen molar-refractivity contribution in [1.82, 2.24) is 9.97 Å². The van der Waals surface area contributed by atoms with Crippen LogP contribution in [0.2, 0.25) is 0 Å². The third-order valence-electron chi connectivity index (χ3n) is 4.22. The number of nitrogens with one attached hydrogen (secondary N) is 1. The van der Waals surface area contributed by atoms with Gasteiger partial charge in [-0.2, -0.15) is 0 Å². The van der Waals surface area contributed by atoms with E-state index in [1.165, 1.54) is 23.2 Å². The molecule has 3 rings (SSSR count). The first kappa shape index (κ1) is 17.4. The number of thiophene rings is 1. The van der Waals surface area contributed by atoms with Gasteiger partial charge in [0.2, 0.25) is 0 Å². The topological polar surface area (TPSA) is 64.1 Å². The molecule has 0 saturated heterocycles. The second kappa shape index (κ2) is 7.61. The maximum atomic E-state index is 12.2. The molecular weight excluding hydrogens is 334 g/mol. The minimum absolute atomic E-state index is 0.337. The molecule has 1 N–H and O–H groups in total. The first-order valence-corrected chi connectivity index (χ1v) is 9.28. The van der Waals surface area contributed by atoms with E-state index in [4.69, 9.17) is 4.74 Å². The SMILES string of the molecule is CCOC(=O)c1csc2ncnc(Nc3ccccc3C(C)CC)c12. The predicted octanol–water partition coefficient (Wildman–Crippen LogP) is 5.13. The number of aromatic nitrogens is 2. The predicted molar refractivity (Wildman–Crippen MR) is 102 cm³/mol. The van der Waals surface area contributed by atoms with Crippen molar-refractivity contribution in [3.05, 3.63) is 47.1 Å². The quantitative estimate of drug-likeness (QED) is 0.621. The van der Waals surface area contributed by atoms with Gasteiger partial charge in [0, 0.05) is 11.1 Å². The zero-order valence-electron chi connectivity index (χ0n) is 14.6. The number of rotatable bonds is 6. The fourth-order valence-corrected chi connectivity index (χ4v) is 3.59. The highest BCUT2D eigenvalue weighted by molar-refractivity contribution is 7.17. The van der Waals surface area contributed by atoms with Crippen LogP contribution in [0.4, 0.5) is 11.5 Å². The van der Waals surface area contributed by atoms with Crippen LogP contribution in [0.1, 0.15) is 49.0 Å². The van der Waals surface area contributed by atoms with E-state index >= 15 is 0 Å². The van der Waals surface area contributed by atoms with Crippen LogP contribution in [0.3, 0.4) is 0 Å². The Bertz CT molecular complexity index is 891. The number of fused-ring (bicyclic) bond motifs is 1. The van der Waals surface area contributed by atoms with E-state index in [9.17, 15) is 4.79 Å². The normalized spacial score (nSPS) is 12.1. The van der Waals surface area contributed by atoms with Crippen molar-refractivity contribution in [3.8, 4) is 0 Å². The van der Waals surface area contributed by atoms with Gasteiger partial charge >= 0.3 is 5.97 Å². The highest BCUT2D eigenvalue weighted by atomic mass is 32.1. The number of hydrogen-bond acceptors (Lipinski definition) is 6. The first-order valence-electron chi connectivity index (χ1n) is 8.40. The number of benzene rings is 1. The lowest BCUT2D eigenvalue weighted by atomic mass is 9.97. The molecule has 3 aromatic rings. The molecule has 0 aliphatic heterocycles. The van der Waals surface area contributed by atoms with Crippen molar-refractivity contribution < 1.29 is 9.53 Å². The molecule has 6 heteroatoms. The van der Waals surface area contributed by atoms with Gasteiger partial charge in [0.15, 0.2) is 0 Å². The number of esters is 1. The summed E-state index contributed by atoms with van der Waals surface area (Å²) in [7, 11) is 0. The molecule has 25 heavy (non-hydrogen) atoms. The fraction of sp³-hybridized carbons (Fsp3) is 0.316. The van der Waals surface area contributed by atoms with Gasteiger partial charge in [-0.1, -0.05) is 32.0 Å². The zero-order chi connectivity index (χ0) is 17.8. The maximum absolute atomic E-state index is 12.2. The Labute approximate surface area is 151 Å². The number of nitrogens with zero attached hydrogens (tertiary/aromatic N) is 2. The summed E-state index contributed by atoms with van der Waals surface area (Å²) in [4.78, 5) is 21.7. The molecule has 0 radical (unpaired) electrons. The van der Waals surface area contributed by atoms with E-state index in [0.717, 1.165) is 16.9 Å². The molecule has 0 fully saturated rings. The van der Waals surface area contributed by atoms with E-state index < -0.39 is 0 Å². The second-order valence-corrected chi connectivity index (χ2v) is 6.65. The second-order valence-electron chi connectivity index (χ2n) is 5.79. The van der Waals surface area contributed by atoms with E-state index in [2.05, 4.69) is 35.2 Å².